The van der Waals surface area contributed by atoms with Crippen LogP contribution in [0, 0.1) is 0 Å². The van der Waals surface area contributed by atoms with Crippen LogP contribution in [0.25, 0.3) is 0 Å². The second kappa shape index (κ2) is 5.12. The van der Waals surface area contributed by atoms with Crippen molar-refractivity contribution >= 4 is 15.7 Å². The monoisotopic (exact) mass is 266 g/mol. The van der Waals surface area contributed by atoms with E-state index in [0.717, 1.165) is 17.7 Å². The van der Waals surface area contributed by atoms with Gasteiger partial charge in [-0.3, -0.25) is 4.31 Å². The van der Waals surface area contributed by atoms with Crippen molar-refractivity contribution in [1.82, 2.24) is 0 Å². The first kappa shape index (κ1) is 13.1. The first-order chi connectivity index (χ1) is 8.60. The normalized spacial score (nSPS) is 18.7. The molecule has 5 heteroatoms. The summed E-state index contributed by atoms with van der Waals surface area (Å²) < 4.78 is 25.8. The van der Waals surface area contributed by atoms with Crippen molar-refractivity contribution in [3.63, 3.8) is 0 Å². The summed E-state index contributed by atoms with van der Waals surface area (Å²) in [5.41, 5.74) is 7.46. The van der Waals surface area contributed by atoms with Crippen LogP contribution in [0.4, 0.5) is 5.69 Å². The zero-order chi connectivity index (χ0) is 13.2. The maximum Gasteiger partial charge on any atom is 0.238 e. The van der Waals surface area contributed by atoms with Gasteiger partial charge in [0.05, 0.1) is 11.4 Å². The third-order valence-electron chi connectivity index (χ3n) is 3.21. The minimum Gasteiger partial charge on any atom is -0.330 e. The molecule has 1 aliphatic heterocycles. The minimum absolute atomic E-state index is 0.0311. The zero-order valence-electron chi connectivity index (χ0n) is 10.2. The first-order valence-electron chi connectivity index (χ1n) is 6.00. The SMILES string of the molecule is C=CCS(=O)(=O)N1CC(CCN)c2ccccc21. The van der Waals surface area contributed by atoms with Crippen LogP contribution in [0.15, 0.2) is 36.9 Å². The second-order valence-electron chi connectivity index (χ2n) is 4.43. The predicted octanol–water partition coefficient (Wildman–Crippen LogP) is 1.45. The maximum absolute atomic E-state index is 12.2. The van der Waals surface area contributed by atoms with Gasteiger partial charge in [-0.05, 0) is 24.6 Å². The number of para-hydroxylation sites is 1. The van der Waals surface area contributed by atoms with E-state index in [0.29, 0.717) is 13.1 Å². The van der Waals surface area contributed by atoms with Gasteiger partial charge in [0.15, 0.2) is 0 Å². The molecule has 1 heterocycles. The molecule has 0 spiro atoms. The number of nitrogens with two attached hydrogens (primary N) is 1. The van der Waals surface area contributed by atoms with Crippen LogP contribution in [-0.2, 0) is 10.0 Å². The molecular weight excluding hydrogens is 248 g/mol. The van der Waals surface area contributed by atoms with Gasteiger partial charge in [-0.1, -0.05) is 24.3 Å². The Hall–Kier alpha value is -1.33. The topological polar surface area (TPSA) is 63.4 Å². The molecule has 0 aromatic heterocycles. The fourth-order valence-electron chi connectivity index (χ4n) is 2.41. The number of anilines is 1. The van der Waals surface area contributed by atoms with Gasteiger partial charge >= 0.3 is 0 Å². The van der Waals surface area contributed by atoms with Gasteiger partial charge < -0.3 is 5.73 Å². The maximum atomic E-state index is 12.2. The van der Waals surface area contributed by atoms with Crippen LogP contribution in [0.5, 0.6) is 0 Å². The van der Waals surface area contributed by atoms with E-state index < -0.39 is 10.0 Å². The summed E-state index contributed by atoms with van der Waals surface area (Å²) in [7, 11) is -3.30. The standard InChI is InChI=1S/C13H18N2O2S/c1-2-9-18(16,17)15-10-11(7-8-14)12-5-3-4-6-13(12)15/h2-6,11H,1,7-10,14H2. The van der Waals surface area contributed by atoms with Crippen molar-refractivity contribution in [1.29, 1.82) is 0 Å². The Morgan fingerprint density at radius 2 is 2.17 bits per heavy atom. The fraction of sp³-hybridized carbons (Fsp3) is 0.385. The number of rotatable bonds is 5. The molecule has 0 aliphatic carbocycles. The van der Waals surface area contributed by atoms with Crippen LogP contribution < -0.4 is 10.0 Å². The molecule has 4 nitrogen and oxygen atoms in total. The summed E-state index contributed by atoms with van der Waals surface area (Å²) in [5.74, 6) is 0.169. The second-order valence-corrected chi connectivity index (χ2v) is 6.37. The lowest BCUT2D eigenvalue weighted by molar-refractivity contribution is 0.589. The number of fused-ring (bicyclic) bond motifs is 1. The van der Waals surface area contributed by atoms with E-state index in [9.17, 15) is 8.42 Å². The smallest absolute Gasteiger partial charge is 0.238 e. The van der Waals surface area contributed by atoms with Gasteiger partial charge in [-0.15, -0.1) is 6.58 Å². The third kappa shape index (κ3) is 2.28. The van der Waals surface area contributed by atoms with E-state index in [4.69, 9.17) is 5.73 Å². The average molecular weight is 266 g/mol. The van der Waals surface area contributed by atoms with Crippen molar-refractivity contribution in [2.45, 2.75) is 12.3 Å². The summed E-state index contributed by atoms with van der Waals surface area (Å²) in [4.78, 5) is 0. The molecule has 1 unspecified atom stereocenters. The molecule has 2 N–H and O–H groups in total. The lowest BCUT2D eigenvalue weighted by Gasteiger charge is -2.18. The van der Waals surface area contributed by atoms with Gasteiger partial charge in [-0.25, -0.2) is 8.42 Å². The first-order valence-corrected chi connectivity index (χ1v) is 7.61. The van der Waals surface area contributed by atoms with Gasteiger partial charge in [0.1, 0.15) is 0 Å². The molecule has 98 valence electrons. The van der Waals surface area contributed by atoms with Gasteiger partial charge in [0.2, 0.25) is 10.0 Å². The number of benzene rings is 1. The van der Waals surface area contributed by atoms with Crippen molar-refractivity contribution in [3.8, 4) is 0 Å². The number of hydrogen-bond acceptors (Lipinski definition) is 3. The molecule has 1 aromatic carbocycles. The Balaban J connectivity index is 2.39. The highest BCUT2D eigenvalue weighted by Gasteiger charge is 2.34. The van der Waals surface area contributed by atoms with Gasteiger partial charge in [-0.2, -0.15) is 0 Å². The van der Waals surface area contributed by atoms with E-state index in [2.05, 4.69) is 6.58 Å². The molecule has 2 rings (SSSR count). The highest BCUT2D eigenvalue weighted by Crippen LogP contribution is 2.39. The molecule has 1 aliphatic rings. The summed E-state index contributed by atoms with van der Waals surface area (Å²) >= 11 is 0. The van der Waals surface area contributed by atoms with Crippen LogP contribution in [0.1, 0.15) is 17.9 Å². The number of sulfonamides is 1. The highest BCUT2D eigenvalue weighted by atomic mass is 32.2. The highest BCUT2D eigenvalue weighted by molar-refractivity contribution is 7.92. The van der Waals surface area contributed by atoms with E-state index in [1.54, 1.807) is 0 Å². The van der Waals surface area contributed by atoms with E-state index in [-0.39, 0.29) is 11.7 Å². The van der Waals surface area contributed by atoms with Crippen LogP contribution in [-0.4, -0.2) is 27.3 Å². The Bertz CT molecular complexity index is 540. The molecular formula is C13H18N2O2S. The lowest BCUT2D eigenvalue weighted by atomic mass is 9.98. The van der Waals surface area contributed by atoms with E-state index in [1.807, 2.05) is 24.3 Å². The summed E-state index contributed by atoms with van der Waals surface area (Å²) in [6.07, 6.45) is 2.23. The summed E-state index contributed by atoms with van der Waals surface area (Å²) in [6, 6.07) is 7.64. The molecule has 18 heavy (non-hydrogen) atoms. The van der Waals surface area contributed by atoms with Crippen molar-refractivity contribution in [2.24, 2.45) is 5.73 Å². The van der Waals surface area contributed by atoms with E-state index in [1.165, 1.54) is 10.4 Å². The van der Waals surface area contributed by atoms with Crippen LogP contribution >= 0.6 is 0 Å². The third-order valence-corrected chi connectivity index (χ3v) is 4.89. The number of hydrogen-bond donors (Lipinski definition) is 1. The molecule has 0 bridgehead atoms. The average Bonchev–Trinajstić information content (AvgIpc) is 2.70. The Labute approximate surface area is 108 Å². The number of nitrogens with zero attached hydrogens (tertiary/aromatic N) is 1. The molecule has 0 saturated heterocycles. The van der Waals surface area contributed by atoms with Crippen molar-refractivity contribution in [3.05, 3.63) is 42.5 Å². The summed E-state index contributed by atoms with van der Waals surface area (Å²) in [5, 5.41) is 0. The molecule has 0 fully saturated rings. The Kier molecular flexibility index (Phi) is 3.73. The summed E-state index contributed by atoms with van der Waals surface area (Å²) in [6.45, 7) is 4.56. The Morgan fingerprint density at radius 3 is 2.83 bits per heavy atom. The van der Waals surface area contributed by atoms with Crippen molar-refractivity contribution in [2.75, 3.05) is 23.1 Å². The molecule has 1 atom stereocenters. The van der Waals surface area contributed by atoms with Crippen LogP contribution in [0.2, 0.25) is 0 Å². The minimum atomic E-state index is -3.30. The molecule has 0 radical (unpaired) electrons. The largest absolute Gasteiger partial charge is 0.330 e. The lowest BCUT2D eigenvalue weighted by Crippen LogP contribution is -2.31. The Morgan fingerprint density at radius 1 is 1.44 bits per heavy atom. The van der Waals surface area contributed by atoms with E-state index >= 15 is 0 Å². The van der Waals surface area contributed by atoms with Crippen LogP contribution in [0.3, 0.4) is 0 Å². The zero-order valence-corrected chi connectivity index (χ0v) is 11.1. The predicted molar refractivity (Wildman–Crippen MR) is 74.2 cm³/mol. The van der Waals surface area contributed by atoms with Gasteiger partial charge in [0, 0.05) is 12.5 Å². The molecule has 0 saturated carbocycles. The quantitative estimate of drug-likeness (QED) is 0.821. The fourth-order valence-corrected chi connectivity index (χ4v) is 3.76. The van der Waals surface area contributed by atoms with Gasteiger partial charge in [0.25, 0.3) is 0 Å². The van der Waals surface area contributed by atoms with Crippen molar-refractivity contribution < 1.29 is 8.42 Å². The molecule has 1 aromatic rings. The molecule has 0 amide bonds.